The van der Waals surface area contributed by atoms with Crippen molar-refractivity contribution in [1.82, 2.24) is 24.8 Å². The lowest BCUT2D eigenvalue weighted by atomic mass is 10.2. The number of benzene rings is 1. The first-order chi connectivity index (χ1) is 14.1. The van der Waals surface area contributed by atoms with Crippen molar-refractivity contribution in [2.45, 2.75) is 19.5 Å². The fraction of sp³-hybridized carbons (Fsp3) is 0.350. The van der Waals surface area contributed by atoms with E-state index in [4.69, 9.17) is 17.3 Å². The van der Waals surface area contributed by atoms with E-state index in [-0.39, 0.29) is 12.0 Å². The normalized spacial score (nSPS) is 16.6. The molecule has 1 aliphatic heterocycles. The number of aromatic nitrogens is 3. The van der Waals surface area contributed by atoms with Crippen molar-refractivity contribution in [1.29, 1.82) is 0 Å². The molecule has 3 heterocycles. The molecular formula is C20H24ClN7S. The van der Waals surface area contributed by atoms with Crippen molar-refractivity contribution in [3.63, 3.8) is 0 Å². The Balaban J connectivity index is 1.38. The van der Waals surface area contributed by atoms with Gasteiger partial charge in [-0.1, -0.05) is 29.8 Å². The zero-order valence-corrected chi connectivity index (χ0v) is 17.8. The molecule has 1 aliphatic rings. The summed E-state index contributed by atoms with van der Waals surface area (Å²) in [5, 5.41) is 3.20. The molecule has 0 amide bonds. The second-order valence-corrected chi connectivity index (χ2v) is 8.86. The molecule has 152 valence electrons. The van der Waals surface area contributed by atoms with Crippen LogP contribution >= 0.6 is 22.9 Å². The molecule has 1 atom stereocenters. The van der Waals surface area contributed by atoms with E-state index in [1.54, 1.807) is 11.3 Å². The smallest absolute Gasteiger partial charge is 0.232 e. The molecule has 3 aromatic rings. The summed E-state index contributed by atoms with van der Waals surface area (Å²) in [5.74, 6) is 1.39. The molecule has 1 aromatic carbocycles. The van der Waals surface area contributed by atoms with Gasteiger partial charge in [-0.25, -0.2) is 0 Å². The van der Waals surface area contributed by atoms with Crippen LogP contribution in [-0.2, 0) is 6.54 Å². The van der Waals surface area contributed by atoms with Crippen molar-refractivity contribution < 1.29 is 0 Å². The molecule has 7 nitrogen and oxygen atoms in total. The van der Waals surface area contributed by atoms with Crippen LogP contribution in [0.1, 0.15) is 23.7 Å². The molecule has 0 spiro atoms. The first kappa shape index (κ1) is 20.0. The van der Waals surface area contributed by atoms with Crippen molar-refractivity contribution >= 4 is 40.5 Å². The number of nitrogens with one attached hydrogen (secondary N) is 1. The van der Waals surface area contributed by atoms with E-state index in [9.17, 15) is 0 Å². The Morgan fingerprint density at radius 2 is 1.83 bits per heavy atom. The van der Waals surface area contributed by atoms with Gasteiger partial charge >= 0.3 is 0 Å². The van der Waals surface area contributed by atoms with Crippen LogP contribution in [-0.4, -0.2) is 50.9 Å². The second kappa shape index (κ2) is 9.04. The predicted octanol–water partition coefficient (Wildman–Crippen LogP) is 3.79. The molecule has 2 aromatic heterocycles. The maximum Gasteiger partial charge on any atom is 0.232 e. The largest absolute Gasteiger partial charge is 0.368 e. The highest BCUT2D eigenvalue weighted by Gasteiger charge is 2.24. The number of halogens is 1. The fourth-order valence-electron chi connectivity index (χ4n) is 3.43. The summed E-state index contributed by atoms with van der Waals surface area (Å²) >= 11 is 7.70. The van der Waals surface area contributed by atoms with Gasteiger partial charge in [0.1, 0.15) is 0 Å². The number of rotatable bonds is 6. The maximum atomic E-state index is 6.04. The van der Waals surface area contributed by atoms with Gasteiger partial charge in [0.2, 0.25) is 11.9 Å². The molecule has 29 heavy (non-hydrogen) atoms. The number of nitrogens with zero attached hydrogens (tertiary/aromatic N) is 5. The van der Waals surface area contributed by atoms with Crippen LogP contribution in [0.4, 0.5) is 17.6 Å². The molecule has 0 aliphatic carbocycles. The molecule has 0 saturated carbocycles. The van der Waals surface area contributed by atoms with Crippen molar-refractivity contribution in [3.05, 3.63) is 57.5 Å². The lowest BCUT2D eigenvalue weighted by molar-refractivity contribution is 0.0954. The van der Waals surface area contributed by atoms with E-state index in [0.29, 0.717) is 11.8 Å². The Kier molecular flexibility index (Phi) is 6.25. The van der Waals surface area contributed by atoms with Crippen LogP contribution in [0.5, 0.6) is 0 Å². The van der Waals surface area contributed by atoms with E-state index >= 15 is 0 Å². The Labute approximate surface area is 179 Å². The number of hydrogen-bond acceptors (Lipinski definition) is 8. The molecule has 0 bridgehead atoms. The first-order valence-electron chi connectivity index (χ1n) is 9.61. The van der Waals surface area contributed by atoms with Crippen LogP contribution in [0.2, 0.25) is 4.34 Å². The highest BCUT2D eigenvalue weighted by atomic mass is 35.5. The summed E-state index contributed by atoms with van der Waals surface area (Å²) in [7, 11) is 0. The van der Waals surface area contributed by atoms with Crippen LogP contribution in [0.15, 0.2) is 42.5 Å². The molecular weight excluding hydrogens is 406 g/mol. The molecule has 1 unspecified atom stereocenters. The first-order valence-corrected chi connectivity index (χ1v) is 10.8. The summed E-state index contributed by atoms with van der Waals surface area (Å²) in [5.41, 5.74) is 6.87. The Hall–Kier alpha value is -2.26. The molecule has 9 heteroatoms. The molecule has 1 fully saturated rings. The average Bonchev–Trinajstić information content (AvgIpc) is 3.13. The second-order valence-electron chi connectivity index (χ2n) is 7.06. The monoisotopic (exact) mass is 429 g/mol. The minimum Gasteiger partial charge on any atom is -0.368 e. The summed E-state index contributed by atoms with van der Waals surface area (Å²) in [6, 6.07) is 13.9. The standard InChI is InChI=1S/C20H24ClN7S/c1-14(28-11-9-27(10-12-28)13-16-7-8-17(21)29-16)18-24-19(22)26-20(25-18)23-15-5-3-2-4-6-15/h2-8,14H,9-13H2,1H3,(H3,22,23,24,25,26). The topological polar surface area (TPSA) is 83.2 Å². The third kappa shape index (κ3) is 5.22. The Bertz CT molecular complexity index is 941. The van der Waals surface area contributed by atoms with Gasteiger partial charge in [-0.2, -0.15) is 15.0 Å². The highest BCUT2D eigenvalue weighted by molar-refractivity contribution is 7.16. The van der Waals surface area contributed by atoms with Crippen molar-refractivity contribution in [2.24, 2.45) is 0 Å². The number of nitrogen functional groups attached to an aromatic ring is 1. The van der Waals surface area contributed by atoms with Gasteiger partial charge in [0.25, 0.3) is 0 Å². The number of anilines is 3. The third-order valence-electron chi connectivity index (χ3n) is 5.04. The third-order valence-corrected chi connectivity index (χ3v) is 6.25. The zero-order valence-electron chi connectivity index (χ0n) is 16.3. The fourth-order valence-corrected chi connectivity index (χ4v) is 4.56. The van der Waals surface area contributed by atoms with Gasteiger partial charge in [-0.15, -0.1) is 11.3 Å². The van der Waals surface area contributed by atoms with E-state index in [1.807, 2.05) is 36.4 Å². The maximum absolute atomic E-state index is 6.04. The van der Waals surface area contributed by atoms with Crippen molar-refractivity contribution in [2.75, 3.05) is 37.2 Å². The van der Waals surface area contributed by atoms with Gasteiger partial charge in [-0.05, 0) is 31.2 Å². The molecule has 3 N–H and O–H groups in total. The summed E-state index contributed by atoms with van der Waals surface area (Å²) in [6.45, 7) is 6.96. The van der Waals surface area contributed by atoms with Crippen LogP contribution in [0.25, 0.3) is 0 Å². The van der Waals surface area contributed by atoms with Gasteiger partial charge in [-0.3, -0.25) is 9.80 Å². The Morgan fingerprint density at radius 1 is 1.07 bits per heavy atom. The minimum atomic E-state index is 0.0648. The lowest BCUT2D eigenvalue weighted by Gasteiger charge is -2.37. The average molecular weight is 430 g/mol. The molecule has 1 saturated heterocycles. The summed E-state index contributed by atoms with van der Waals surface area (Å²) in [4.78, 5) is 19.4. The van der Waals surface area contributed by atoms with Crippen LogP contribution < -0.4 is 11.1 Å². The zero-order chi connectivity index (χ0) is 20.2. The van der Waals surface area contributed by atoms with E-state index in [2.05, 4.69) is 43.1 Å². The van der Waals surface area contributed by atoms with E-state index in [0.717, 1.165) is 42.7 Å². The van der Waals surface area contributed by atoms with E-state index < -0.39 is 0 Å². The van der Waals surface area contributed by atoms with Crippen LogP contribution in [0, 0.1) is 0 Å². The molecule has 0 radical (unpaired) electrons. The van der Waals surface area contributed by atoms with Gasteiger partial charge in [0.15, 0.2) is 5.82 Å². The number of piperazine rings is 1. The highest BCUT2D eigenvalue weighted by Crippen LogP contribution is 2.25. The molecule has 4 rings (SSSR count). The summed E-state index contributed by atoms with van der Waals surface area (Å²) < 4.78 is 0.847. The van der Waals surface area contributed by atoms with Crippen molar-refractivity contribution in [3.8, 4) is 0 Å². The SMILES string of the molecule is CC(c1nc(N)nc(Nc2ccccc2)n1)N1CCN(Cc2ccc(Cl)s2)CC1. The lowest BCUT2D eigenvalue weighted by Crippen LogP contribution is -2.46. The number of hydrogen-bond donors (Lipinski definition) is 2. The minimum absolute atomic E-state index is 0.0648. The van der Waals surface area contributed by atoms with E-state index in [1.165, 1.54) is 4.88 Å². The van der Waals surface area contributed by atoms with Gasteiger partial charge in [0, 0.05) is 43.3 Å². The van der Waals surface area contributed by atoms with Gasteiger partial charge in [0.05, 0.1) is 10.4 Å². The van der Waals surface area contributed by atoms with Gasteiger partial charge < -0.3 is 11.1 Å². The van der Waals surface area contributed by atoms with Crippen LogP contribution in [0.3, 0.4) is 0 Å². The number of nitrogens with two attached hydrogens (primary N) is 1. The number of thiophene rings is 1. The summed E-state index contributed by atoms with van der Waals surface area (Å²) in [6.07, 6.45) is 0. The predicted molar refractivity (Wildman–Crippen MR) is 119 cm³/mol. The number of para-hydroxylation sites is 1. The quantitative estimate of drug-likeness (QED) is 0.616. The Morgan fingerprint density at radius 3 is 2.52 bits per heavy atom.